The van der Waals surface area contributed by atoms with E-state index < -0.39 is 0 Å². The van der Waals surface area contributed by atoms with Gasteiger partial charge in [-0.05, 0) is 32.0 Å². The molecule has 1 aromatic heterocycles. The van der Waals surface area contributed by atoms with E-state index in [1.54, 1.807) is 18.2 Å². The molecule has 1 N–H and O–H groups in total. The highest BCUT2D eigenvalue weighted by Gasteiger charge is 2.05. The van der Waals surface area contributed by atoms with Gasteiger partial charge in [-0.2, -0.15) is 5.10 Å². The van der Waals surface area contributed by atoms with Crippen LogP contribution in [0.5, 0.6) is 0 Å². The van der Waals surface area contributed by atoms with Crippen molar-refractivity contribution in [3.63, 3.8) is 0 Å². The Morgan fingerprint density at radius 1 is 1.18 bits per heavy atom. The second kappa shape index (κ2) is 4.85. The zero-order valence-corrected chi connectivity index (χ0v) is 10.8. The van der Waals surface area contributed by atoms with Crippen molar-refractivity contribution >= 4 is 34.6 Å². The summed E-state index contributed by atoms with van der Waals surface area (Å²) >= 11 is 11.8. The fourth-order valence-corrected chi connectivity index (χ4v) is 1.80. The van der Waals surface area contributed by atoms with E-state index in [0.717, 1.165) is 17.1 Å². The van der Waals surface area contributed by atoms with E-state index in [9.17, 15) is 0 Å². The normalized spacial score (nSPS) is 11.3. The largest absolute Gasteiger partial charge is 0.280 e. The van der Waals surface area contributed by atoms with Gasteiger partial charge in [0.25, 0.3) is 0 Å². The zero-order chi connectivity index (χ0) is 12.4. The highest BCUT2D eigenvalue weighted by molar-refractivity contribution is 6.36. The summed E-state index contributed by atoms with van der Waals surface area (Å²) < 4.78 is 0. The second-order valence-electron chi connectivity index (χ2n) is 3.58. The molecule has 0 bridgehead atoms. The van der Waals surface area contributed by atoms with Gasteiger partial charge in [0.1, 0.15) is 11.4 Å². The van der Waals surface area contributed by atoms with Gasteiger partial charge in [-0.3, -0.25) is 5.10 Å². The quantitative estimate of drug-likeness (QED) is 0.786. The van der Waals surface area contributed by atoms with Gasteiger partial charge in [-0.1, -0.05) is 23.2 Å². The smallest absolute Gasteiger partial charge is 0.129 e. The number of hydrogen-bond acceptors (Lipinski definition) is 3. The van der Waals surface area contributed by atoms with E-state index in [1.165, 1.54) is 0 Å². The Hall–Kier alpha value is -1.39. The Morgan fingerprint density at radius 3 is 2.53 bits per heavy atom. The first kappa shape index (κ1) is 12.1. The Labute approximate surface area is 109 Å². The van der Waals surface area contributed by atoms with Crippen LogP contribution in [0.3, 0.4) is 0 Å². The van der Waals surface area contributed by atoms with Crippen LogP contribution < -0.4 is 0 Å². The first-order valence-electron chi connectivity index (χ1n) is 4.96. The summed E-state index contributed by atoms with van der Waals surface area (Å²) in [5, 5.41) is 16.1. The van der Waals surface area contributed by atoms with Crippen LogP contribution in [0.2, 0.25) is 10.0 Å². The molecule has 0 unspecified atom stereocenters. The van der Waals surface area contributed by atoms with Crippen LogP contribution in [0.4, 0.5) is 11.4 Å². The summed E-state index contributed by atoms with van der Waals surface area (Å²) in [7, 11) is 0. The molecule has 0 fully saturated rings. The molecule has 17 heavy (non-hydrogen) atoms. The van der Waals surface area contributed by atoms with Crippen molar-refractivity contribution in [2.24, 2.45) is 10.2 Å². The van der Waals surface area contributed by atoms with Gasteiger partial charge >= 0.3 is 0 Å². The average molecular weight is 269 g/mol. The van der Waals surface area contributed by atoms with Gasteiger partial charge in [-0.15, -0.1) is 10.2 Å². The predicted molar refractivity (Wildman–Crippen MR) is 68.7 cm³/mol. The fourth-order valence-electron chi connectivity index (χ4n) is 1.36. The summed E-state index contributed by atoms with van der Waals surface area (Å²) in [5.74, 6) is 0. The van der Waals surface area contributed by atoms with Crippen molar-refractivity contribution in [1.82, 2.24) is 10.2 Å². The van der Waals surface area contributed by atoms with Crippen molar-refractivity contribution < 1.29 is 0 Å². The molecular weight excluding hydrogens is 259 g/mol. The lowest BCUT2D eigenvalue weighted by Crippen LogP contribution is -1.71. The Bertz CT molecular complexity index is 555. The van der Waals surface area contributed by atoms with Gasteiger partial charge < -0.3 is 0 Å². The van der Waals surface area contributed by atoms with Gasteiger partial charge in [0.2, 0.25) is 0 Å². The fraction of sp³-hybridized carbons (Fsp3) is 0.182. The molecule has 0 spiro atoms. The maximum absolute atomic E-state index is 5.99. The third-order valence-corrected chi connectivity index (χ3v) is 2.79. The first-order chi connectivity index (χ1) is 8.08. The van der Waals surface area contributed by atoms with Crippen LogP contribution in [-0.4, -0.2) is 10.2 Å². The third-order valence-electron chi connectivity index (χ3n) is 2.26. The molecule has 6 heteroatoms. The third kappa shape index (κ3) is 2.65. The molecule has 0 atom stereocenters. The molecule has 0 radical (unpaired) electrons. The average Bonchev–Trinajstić information content (AvgIpc) is 2.58. The van der Waals surface area contributed by atoms with Crippen molar-refractivity contribution in [3.05, 3.63) is 39.6 Å². The number of nitrogens with one attached hydrogen (secondary N) is 1. The lowest BCUT2D eigenvalue weighted by atomic mass is 10.3. The van der Waals surface area contributed by atoms with Gasteiger partial charge in [0.05, 0.1) is 16.4 Å². The van der Waals surface area contributed by atoms with Crippen LogP contribution in [0.15, 0.2) is 28.4 Å². The van der Waals surface area contributed by atoms with Crippen LogP contribution in [0.25, 0.3) is 0 Å². The number of aromatic nitrogens is 2. The summed E-state index contributed by atoms with van der Waals surface area (Å²) in [6.07, 6.45) is 0. The van der Waals surface area contributed by atoms with E-state index in [2.05, 4.69) is 20.4 Å². The van der Waals surface area contributed by atoms with Crippen molar-refractivity contribution in [2.75, 3.05) is 0 Å². The topological polar surface area (TPSA) is 53.4 Å². The highest BCUT2D eigenvalue weighted by atomic mass is 35.5. The standard InChI is InChI=1S/C11H10Cl2N4/c1-6-11(7(2)15-14-6)17-16-10-4-3-8(12)5-9(10)13/h3-5H,1-2H3,(H,14,15). The second-order valence-corrected chi connectivity index (χ2v) is 4.42. The van der Waals surface area contributed by atoms with E-state index in [1.807, 2.05) is 13.8 Å². The molecule has 0 aliphatic rings. The number of H-pyrrole nitrogens is 1. The molecule has 0 aliphatic carbocycles. The molecular formula is C11H10Cl2N4. The maximum Gasteiger partial charge on any atom is 0.129 e. The van der Waals surface area contributed by atoms with Gasteiger partial charge in [0, 0.05) is 5.02 Å². The van der Waals surface area contributed by atoms with Crippen LogP contribution in [0.1, 0.15) is 11.4 Å². The van der Waals surface area contributed by atoms with Crippen molar-refractivity contribution in [2.45, 2.75) is 13.8 Å². The molecule has 0 aliphatic heterocycles. The Balaban J connectivity index is 2.32. The summed E-state index contributed by atoms with van der Waals surface area (Å²) in [6, 6.07) is 5.07. The van der Waals surface area contributed by atoms with E-state index in [-0.39, 0.29) is 0 Å². The number of benzene rings is 1. The number of halogens is 2. The number of rotatable bonds is 2. The zero-order valence-electron chi connectivity index (χ0n) is 9.33. The van der Waals surface area contributed by atoms with E-state index >= 15 is 0 Å². The van der Waals surface area contributed by atoms with E-state index in [0.29, 0.717) is 15.7 Å². The predicted octanol–water partition coefficient (Wildman–Crippen LogP) is 4.75. The number of aromatic amines is 1. The van der Waals surface area contributed by atoms with Crippen molar-refractivity contribution in [3.8, 4) is 0 Å². The van der Waals surface area contributed by atoms with Crippen LogP contribution >= 0.6 is 23.2 Å². The minimum atomic E-state index is 0.472. The molecule has 1 aromatic carbocycles. The monoisotopic (exact) mass is 268 g/mol. The molecule has 88 valence electrons. The summed E-state index contributed by atoms with van der Waals surface area (Å²) in [4.78, 5) is 0. The minimum Gasteiger partial charge on any atom is -0.280 e. The molecule has 0 amide bonds. The van der Waals surface area contributed by atoms with Crippen LogP contribution in [-0.2, 0) is 0 Å². The van der Waals surface area contributed by atoms with Gasteiger partial charge in [0.15, 0.2) is 0 Å². The Morgan fingerprint density at radius 2 is 1.94 bits per heavy atom. The molecule has 0 saturated carbocycles. The van der Waals surface area contributed by atoms with Crippen molar-refractivity contribution in [1.29, 1.82) is 0 Å². The minimum absolute atomic E-state index is 0.472. The molecule has 2 rings (SSSR count). The first-order valence-corrected chi connectivity index (χ1v) is 5.72. The Kier molecular flexibility index (Phi) is 3.45. The number of nitrogens with zero attached hydrogens (tertiary/aromatic N) is 3. The highest BCUT2D eigenvalue weighted by Crippen LogP contribution is 2.30. The number of hydrogen-bond donors (Lipinski definition) is 1. The molecule has 2 aromatic rings. The molecule has 4 nitrogen and oxygen atoms in total. The lowest BCUT2D eigenvalue weighted by Gasteiger charge is -1.97. The number of azo groups is 1. The number of aryl methyl sites for hydroxylation is 2. The summed E-state index contributed by atoms with van der Waals surface area (Å²) in [5.41, 5.74) is 2.99. The molecule has 1 heterocycles. The summed E-state index contributed by atoms with van der Waals surface area (Å²) in [6.45, 7) is 3.75. The van der Waals surface area contributed by atoms with E-state index in [4.69, 9.17) is 23.2 Å². The van der Waals surface area contributed by atoms with Gasteiger partial charge in [-0.25, -0.2) is 0 Å². The van der Waals surface area contributed by atoms with Crippen LogP contribution in [0, 0.1) is 13.8 Å². The lowest BCUT2D eigenvalue weighted by molar-refractivity contribution is 1.02. The SMILES string of the molecule is Cc1n[nH]c(C)c1N=Nc1ccc(Cl)cc1Cl. The molecule has 0 saturated heterocycles. The maximum atomic E-state index is 5.99.